The lowest BCUT2D eigenvalue weighted by atomic mass is 10.1. The average Bonchev–Trinajstić information content (AvgIpc) is 3.16. The third-order valence-electron chi connectivity index (χ3n) is 4.49. The van der Waals surface area contributed by atoms with Gasteiger partial charge in [0, 0.05) is 31.0 Å². The van der Waals surface area contributed by atoms with Crippen LogP contribution in [0.15, 0.2) is 41.3 Å². The van der Waals surface area contributed by atoms with Gasteiger partial charge in [0.25, 0.3) is 11.6 Å². The van der Waals surface area contributed by atoms with Gasteiger partial charge in [-0.15, -0.1) is 0 Å². The molecule has 0 unspecified atom stereocenters. The van der Waals surface area contributed by atoms with Crippen molar-refractivity contribution >= 4 is 32.8 Å². The number of nitrogens with zero attached hydrogens (tertiary/aromatic N) is 2. The van der Waals surface area contributed by atoms with Gasteiger partial charge in [0.2, 0.25) is 0 Å². The molecule has 1 N–H and O–H groups in total. The van der Waals surface area contributed by atoms with Crippen LogP contribution in [0.25, 0.3) is 0 Å². The summed E-state index contributed by atoms with van der Waals surface area (Å²) in [5, 5.41) is 13.7. The number of sulfone groups is 1. The predicted octanol–water partition coefficient (Wildman–Crippen LogP) is 2.99. The summed E-state index contributed by atoms with van der Waals surface area (Å²) in [7, 11) is -3.84. The third kappa shape index (κ3) is 3.96. The smallest absolute Gasteiger partial charge is 0.288 e. The Kier molecular flexibility index (Phi) is 5.32. The normalized spacial score (nSPS) is 14.1. The maximum atomic E-state index is 14.4. The minimum absolute atomic E-state index is 0.00996. The first-order valence-electron chi connectivity index (χ1n) is 8.52. The third-order valence-corrected chi connectivity index (χ3v) is 5.64. The van der Waals surface area contributed by atoms with E-state index in [9.17, 15) is 27.7 Å². The number of benzene rings is 2. The predicted molar refractivity (Wildman–Crippen MR) is 102 cm³/mol. The van der Waals surface area contributed by atoms with Crippen molar-refractivity contribution < 1.29 is 22.5 Å². The molecule has 8 nitrogen and oxygen atoms in total. The molecule has 10 heteroatoms. The number of carbonyl (C=O) groups excluding carboxylic acids is 1. The Morgan fingerprint density at radius 1 is 1.21 bits per heavy atom. The fourth-order valence-corrected chi connectivity index (χ4v) is 3.99. The molecule has 0 saturated carbocycles. The molecular weight excluding hydrogens is 389 g/mol. The maximum Gasteiger partial charge on any atom is 0.288 e. The van der Waals surface area contributed by atoms with E-state index in [-0.39, 0.29) is 11.3 Å². The second-order valence-corrected chi connectivity index (χ2v) is 8.48. The lowest BCUT2D eigenvalue weighted by molar-refractivity contribution is -0.387. The zero-order valence-electron chi connectivity index (χ0n) is 15.0. The van der Waals surface area contributed by atoms with Crippen molar-refractivity contribution in [2.24, 2.45) is 0 Å². The minimum Gasteiger partial charge on any atom is -0.370 e. The molecule has 0 aromatic heterocycles. The molecule has 148 valence electrons. The number of carbonyl (C=O) groups is 1. The summed E-state index contributed by atoms with van der Waals surface area (Å²) in [6, 6.07) is 7.50. The van der Waals surface area contributed by atoms with E-state index in [4.69, 9.17) is 0 Å². The van der Waals surface area contributed by atoms with E-state index in [2.05, 4.69) is 5.32 Å². The second kappa shape index (κ2) is 7.55. The molecule has 1 heterocycles. The van der Waals surface area contributed by atoms with Crippen LogP contribution >= 0.6 is 0 Å². The maximum absolute atomic E-state index is 14.4. The number of halogens is 1. The van der Waals surface area contributed by atoms with Gasteiger partial charge in [-0.05, 0) is 37.1 Å². The Morgan fingerprint density at radius 2 is 1.89 bits per heavy atom. The summed E-state index contributed by atoms with van der Waals surface area (Å²) in [5.41, 5.74) is -0.324. The molecular formula is C18H18FN3O5S. The van der Waals surface area contributed by atoms with Crippen LogP contribution in [0.4, 0.5) is 21.5 Å². The molecule has 0 radical (unpaired) electrons. The number of nitro benzene ring substituents is 1. The number of para-hydroxylation sites is 1. The van der Waals surface area contributed by atoms with Gasteiger partial charge in [0.15, 0.2) is 9.84 Å². The highest BCUT2D eigenvalue weighted by molar-refractivity contribution is 7.90. The van der Waals surface area contributed by atoms with Gasteiger partial charge >= 0.3 is 0 Å². The largest absolute Gasteiger partial charge is 0.370 e. The van der Waals surface area contributed by atoms with Gasteiger partial charge in [0.05, 0.1) is 10.6 Å². The van der Waals surface area contributed by atoms with E-state index in [0.29, 0.717) is 5.69 Å². The quantitative estimate of drug-likeness (QED) is 0.603. The highest BCUT2D eigenvalue weighted by Crippen LogP contribution is 2.32. The van der Waals surface area contributed by atoms with E-state index in [1.807, 2.05) is 4.90 Å². The first-order valence-corrected chi connectivity index (χ1v) is 10.4. The summed E-state index contributed by atoms with van der Waals surface area (Å²) in [5.74, 6) is -1.39. The van der Waals surface area contributed by atoms with Crippen LogP contribution in [0.1, 0.15) is 23.2 Å². The van der Waals surface area contributed by atoms with Crippen molar-refractivity contribution in [2.45, 2.75) is 17.7 Å². The fraction of sp³-hybridized carbons (Fsp3) is 0.278. The standard InChI is InChI=1S/C18H18FN3O5S/c1-28(26,27)16-8-7-12(11-15(16)22(24)25)18(23)20-17-13(19)5-4-6-14(17)21-9-2-3-10-21/h4-8,11H,2-3,9-10H2,1H3,(H,20,23). The number of nitrogens with one attached hydrogen (secondary N) is 1. The minimum atomic E-state index is -3.84. The Labute approximate surface area is 161 Å². The number of amides is 1. The molecule has 28 heavy (non-hydrogen) atoms. The molecule has 1 amide bonds. The average molecular weight is 407 g/mol. The molecule has 1 aliphatic rings. The Hall–Kier alpha value is -3.01. The number of anilines is 2. The van der Waals surface area contributed by atoms with Crippen LogP contribution < -0.4 is 10.2 Å². The molecule has 0 atom stereocenters. The SMILES string of the molecule is CS(=O)(=O)c1ccc(C(=O)Nc2c(F)cccc2N2CCCC2)cc1[N+](=O)[O-]. The second-order valence-electron chi connectivity index (χ2n) is 6.49. The van der Waals surface area contributed by atoms with Gasteiger partial charge < -0.3 is 10.2 Å². The summed E-state index contributed by atoms with van der Waals surface area (Å²) in [6.07, 6.45) is 2.77. The fourth-order valence-electron chi connectivity index (χ4n) is 3.16. The van der Waals surface area contributed by atoms with Crippen LogP contribution in [-0.4, -0.2) is 38.6 Å². The van der Waals surface area contributed by atoms with Crippen molar-refractivity contribution in [3.8, 4) is 0 Å². The van der Waals surface area contributed by atoms with Crippen LogP contribution in [0, 0.1) is 15.9 Å². The van der Waals surface area contributed by atoms with Crippen molar-refractivity contribution in [1.82, 2.24) is 0 Å². The lowest BCUT2D eigenvalue weighted by Gasteiger charge is -2.22. The van der Waals surface area contributed by atoms with Crippen LogP contribution in [0.5, 0.6) is 0 Å². The summed E-state index contributed by atoms with van der Waals surface area (Å²) in [4.78, 5) is 24.4. The van der Waals surface area contributed by atoms with Crippen molar-refractivity contribution in [3.05, 3.63) is 57.9 Å². The number of hydrogen-bond acceptors (Lipinski definition) is 6. The molecule has 1 aliphatic heterocycles. The zero-order chi connectivity index (χ0) is 20.5. The summed E-state index contributed by atoms with van der Waals surface area (Å²) < 4.78 is 37.8. The first-order chi connectivity index (χ1) is 13.2. The number of rotatable bonds is 5. The Bertz CT molecular complexity index is 1050. The van der Waals surface area contributed by atoms with E-state index < -0.39 is 37.1 Å². The Morgan fingerprint density at radius 3 is 2.50 bits per heavy atom. The topological polar surface area (TPSA) is 110 Å². The van der Waals surface area contributed by atoms with Gasteiger partial charge in [-0.1, -0.05) is 6.07 Å². The van der Waals surface area contributed by atoms with Crippen molar-refractivity contribution in [1.29, 1.82) is 0 Å². The molecule has 1 saturated heterocycles. The molecule has 1 fully saturated rings. The van der Waals surface area contributed by atoms with Gasteiger partial charge in [-0.25, -0.2) is 12.8 Å². The van der Waals surface area contributed by atoms with Crippen LogP contribution in [0.2, 0.25) is 0 Å². The monoisotopic (exact) mass is 407 g/mol. The lowest BCUT2D eigenvalue weighted by Crippen LogP contribution is -2.22. The van der Waals surface area contributed by atoms with Crippen LogP contribution in [-0.2, 0) is 9.84 Å². The van der Waals surface area contributed by atoms with E-state index in [1.54, 1.807) is 12.1 Å². The van der Waals surface area contributed by atoms with Crippen molar-refractivity contribution in [2.75, 3.05) is 29.6 Å². The zero-order valence-corrected chi connectivity index (χ0v) is 15.8. The van der Waals surface area contributed by atoms with E-state index >= 15 is 0 Å². The summed E-state index contributed by atoms with van der Waals surface area (Å²) in [6.45, 7) is 1.47. The Balaban J connectivity index is 1.96. The highest BCUT2D eigenvalue weighted by Gasteiger charge is 2.25. The van der Waals surface area contributed by atoms with Gasteiger partial charge in [-0.3, -0.25) is 14.9 Å². The van der Waals surface area contributed by atoms with E-state index in [1.165, 1.54) is 6.07 Å². The molecule has 2 aromatic carbocycles. The molecule has 0 spiro atoms. The van der Waals surface area contributed by atoms with Gasteiger partial charge in [0.1, 0.15) is 16.4 Å². The molecule has 2 aromatic rings. The molecule has 0 aliphatic carbocycles. The van der Waals surface area contributed by atoms with Crippen LogP contribution in [0.3, 0.4) is 0 Å². The van der Waals surface area contributed by atoms with Gasteiger partial charge in [-0.2, -0.15) is 0 Å². The highest BCUT2D eigenvalue weighted by atomic mass is 32.2. The van der Waals surface area contributed by atoms with E-state index in [0.717, 1.165) is 50.4 Å². The van der Waals surface area contributed by atoms with Crippen molar-refractivity contribution in [3.63, 3.8) is 0 Å². The first kappa shape index (κ1) is 19.7. The number of nitro groups is 1. The molecule has 0 bridgehead atoms. The molecule has 3 rings (SSSR count). The number of hydrogen-bond donors (Lipinski definition) is 1. The summed E-state index contributed by atoms with van der Waals surface area (Å²) >= 11 is 0.